The second-order valence-corrected chi connectivity index (χ2v) is 11.8. The first-order valence-corrected chi connectivity index (χ1v) is 8.75. The number of halogens is 2. The van der Waals surface area contributed by atoms with Gasteiger partial charge in [-0.1, -0.05) is 77.1 Å². The molecule has 0 saturated heterocycles. The summed E-state index contributed by atoms with van der Waals surface area (Å²) in [6.45, 7) is 3.88. The SMILES string of the molecule is C=CC(=O)OCCCCCC[Si]C(I)I. The molecule has 2 radical (unpaired) electrons. The number of alkyl halides is 2. The van der Waals surface area contributed by atoms with E-state index in [0.29, 0.717) is 6.61 Å². The Labute approximate surface area is 122 Å². The lowest BCUT2D eigenvalue weighted by Crippen LogP contribution is -2.02. The van der Waals surface area contributed by atoms with Crippen LogP contribution in [0, 0.1) is 0 Å². The molecule has 0 aromatic carbocycles. The third-order valence-electron chi connectivity index (χ3n) is 1.78. The van der Waals surface area contributed by atoms with Crippen molar-refractivity contribution in [3.8, 4) is 0 Å². The normalized spacial score (nSPS) is 10.3. The van der Waals surface area contributed by atoms with Crippen LogP contribution in [-0.4, -0.2) is 23.7 Å². The third-order valence-corrected chi connectivity index (χ3v) is 5.37. The van der Waals surface area contributed by atoms with Crippen LogP contribution in [0.4, 0.5) is 0 Å². The maximum atomic E-state index is 10.7. The maximum Gasteiger partial charge on any atom is 0.330 e. The largest absolute Gasteiger partial charge is 0.463 e. The quantitative estimate of drug-likeness (QED) is 0.134. The number of esters is 1. The molecular formula is C10H16I2O2Si. The highest BCUT2D eigenvalue weighted by Crippen LogP contribution is 2.12. The van der Waals surface area contributed by atoms with Gasteiger partial charge in [0.05, 0.1) is 17.7 Å². The summed E-state index contributed by atoms with van der Waals surface area (Å²) in [7, 11) is 1.07. The van der Waals surface area contributed by atoms with Crippen molar-refractivity contribution in [2.45, 2.75) is 33.3 Å². The van der Waals surface area contributed by atoms with Gasteiger partial charge < -0.3 is 4.74 Å². The second kappa shape index (κ2) is 11.4. The minimum Gasteiger partial charge on any atom is -0.463 e. The first-order valence-electron chi connectivity index (χ1n) is 4.97. The Morgan fingerprint density at radius 2 is 2.00 bits per heavy atom. The van der Waals surface area contributed by atoms with Crippen molar-refractivity contribution in [1.29, 1.82) is 0 Å². The summed E-state index contributed by atoms with van der Waals surface area (Å²) in [4.78, 5) is 10.7. The highest BCUT2D eigenvalue weighted by atomic mass is 127. The Hall–Kier alpha value is 0.887. The summed E-state index contributed by atoms with van der Waals surface area (Å²) >= 11 is 4.92. The van der Waals surface area contributed by atoms with Crippen molar-refractivity contribution in [1.82, 2.24) is 0 Å². The molecule has 0 aliphatic carbocycles. The molecule has 0 rings (SSSR count). The summed E-state index contributed by atoms with van der Waals surface area (Å²) in [5, 5.41) is 0. The number of hydrogen-bond donors (Lipinski definition) is 0. The second-order valence-electron chi connectivity index (χ2n) is 3.04. The van der Waals surface area contributed by atoms with Crippen LogP contribution in [-0.2, 0) is 9.53 Å². The van der Waals surface area contributed by atoms with E-state index in [4.69, 9.17) is 4.74 Å². The van der Waals surface area contributed by atoms with E-state index in [1.807, 2.05) is 0 Å². The molecule has 0 aliphatic heterocycles. The molecule has 0 aromatic heterocycles. The fraction of sp³-hybridized carbons (Fsp3) is 0.700. The highest BCUT2D eigenvalue weighted by Gasteiger charge is 1.99. The molecule has 0 unspecified atom stereocenters. The van der Waals surface area contributed by atoms with E-state index in [1.165, 1.54) is 25.0 Å². The smallest absolute Gasteiger partial charge is 0.330 e. The lowest BCUT2D eigenvalue weighted by atomic mass is 10.2. The Morgan fingerprint density at radius 3 is 2.60 bits per heavy atom. The molecule has 0 aliphatic rings. The van der Waals surface area contributed by atoms with Crippen LogP contribution in [0.3, 0.4) is 0 Å². The van der Waals surface area contributed by atoms with Gasteiger partial charge in [-0.25, -0.2) is 4.79 Å². The van der Waals surface area contributed by atoms with Gasteiger partial charge in [-0.2, -0.15) is 0 Å². The van der Waals surface area contributed by atoms with Gasteiger partial charge in [0, 0.05) is 6.08 Å². The molecule has 5 heteroatoms. The van der Waals surface area contributed by atoms with Gasteiger partial charge in [0.15, 0.2) is 0 Å². The summed E-state index contributed by atoms with van der Waals surface area (Å²) in [5.41, 5.74) is 0. The van der Waals surface area contributed by atoms with Crippen molar-refractivity contribution >= 4 is 60.7 Å². The molecule has 86 valence electrons. The average molecular weight is 450 g/mol. The predicted molar refractivity (Wildman–Crippen MR) is 82.0 cm³/mol. The first-order chi connectivity index (χ1) is 7.16. The van der Waals surface area contributed by atoms with E-state index < -0.39 is 0 Å². The Balaban J connectivity index is 3.05. The Kier molecular flexibility index (Phi) is 12.0. The van der Waals surface area contributed by atoms with Gasteiger partial charge in [0.25, 0.3) is 0 Å². The summed E-state index contributed by atoms with van der Waals surface area (Å²) in [6, 6.07) is 1.34. The number of unbranched alkanes of at least 4 members (excludes halogenated alkanes) is 3. The fourth-order valence-corrected chi connectivity index (χ4v) is 3.56. The Morgan fingerprint density at radius 1 is 1.33 bits per heavy atom. The van der Waals surface area contributed by atoms with E-state index in [9.17, 15) is 4.79 Å². The fourth-order valence-electron chi connectivity index (χ4n) is 1.02. The summed E-state index contributed by atoms with van der Waals surface area (Å²) < 4.78 is 5.66. The van der Waals surface area contributed by atoms with Gasteiger partial charge >= 0.3 is 5.97 Å². The van der Waals surface area contributed by atoms with Gasteiger partial charge in [-0.3, -0.25) is 0 Å². The Bertz CT molecular complexity index is 186. The van der Waals surface area contributed by atoms with Gasteiger partial charge in [-0.05, 0) is 6.42 Å². The minimum atomic E-state index is -0.311. The topological polar surface area (TPSA) is 26.3 Å². The van der Waals surface area contributed by atoms with Gasteiger partial charge in [0.2, 0.25) is 0 Å². The van der Waals surface area contributed by atoms with Crippen molar-refractivity contribution in [3.63, 3.8) is 0 Å². The molecule has 0 fully saturated rings. The zero-order valence-electron chi connectivity index (χ0n) is 8.68. The van der Waals surface area contributed by atoms with Crippen LogP contribution >= 0.6 is 45.2 Å². The number of carbonyl (C=O) groups excluding carboxylic acids is 1. The highest BCUT2D eigenvalue weighted by molar-refractivity contribution is 14.2. The summed E-state index contributed by atoms with van der Waals surface area (Å²) in [6.07, 6.45) is 5.89. The van der Waals surface area contributed by atoms with Crippen LogP contribution in [0.15, 0.2) is 12.7 Å². The van der Waals surface area contributed by atoms with Crippen molar-refractivity contribution < 1.29 is 9.53 Å². The number of hydrogen-bond acceptors (Lipinski definition) is 2. The van der Waals surface area contributed by atoms with Crippen LogP contribution in [0.25, 0.3) is 0 Å². The van der Waals surface area contributed by atoms with E-state index in [2.05, 4.69) is 51.8 Å². The molecule has 0 N–H and O–H groups in total. The lowest BCUT2D eigenvalue weighted by Gasteiger charge is -2.02. The number of carbonyl (C=O) groups is 1. The van der Waals surface area contributed by atoms with Crippen LogP contribution in [0.5, 0.6) is 0 Å². The van der Waals surface area contributed by atoms with Crippen LogP contribution in [0.2, 0.25) is 6.04 Å². The zero-order chi connectivity index (χ0) is 11.5. The first kappa shape index (κ1) is 15.9. The maximum absolute atomic E-state index is 10.7. The van der Waals surface area contributed by atoms with Crippen LogP contribution < -0.4 is 0 Å². The predicted octanol–water partition coefficient (Wildman–Crippen LogP) is 3.55. The van der Waals surface area contributed by atoms with Crippen molar-refractivity contribution in [2.75, 3.05) is 6.61 Å². The zero-order valence-corrected chi connectivity index (χ0v) is 14.0. The van der Waals surface area contributed by atoms with E-state index >= 15 is 0 Å². The number of ether oxygens (including phenoxy) is 1. The lowest BCUT2D eigenvalue weighted by molar-refractivity contribution is -0.137. The molecule has 0 saturated carbocycles. The molecule has 0 aromatic rings. The third kappa shape index (κ3) is 12.8. The van der Waals surface area contributed by atoms with E-state index in [-0.39, 0.29) is 5.97 Å². The van der Waals surface area contributed by atoms with Crippen molar-refractivity contribution in [3.05, 3.63) is 12.7 Å². The molecular weight excluding hydrogens is 434 g/mol. The van der Waals surface area contributed by atoms with Crippen molar-refractivity contribution in [2.24, 2.45) is 0 Å². The molecule has 0 bridgehead atoms. The van der Waals surface area contributed by atoms with Gasteiger partial charge in [-0.15, -0.1) is 0 Å². The molecule has 0 amide bonds. The molecule has 0 spiro atoms. The monoisotopic (exact) mass is 450 g/mol. The van der Waals surface area contributed by atoms with Gasteiger partial charge in [0.1, 0.15) is 0 Å². The molecule has 2 nitrogen and oxygen atoms in total. The average Bonchev–Trinajstić information content (AvgIpc) is 2.21. The van der Waals surface area contributed by atoms with E-state index in [1.54, 1.807) is 0 Å². The number of rotatable bonds is 9. The van der Waals surface area contributed by atoms with E-state index in [0.717, 1.165) is 23.9 Å². The molecule has 0 heterocycles. The molecule has 0 atom stereocenters. The molecule has 15 heavy (non-hydrogen) atoms. The standard InChI is InChI=1S/C10H16I2O2Si/c1-2-9(13)14-7-5-3-4-6-8-15-10(11)12/h2,10H,1,3-8H2. The summed E-state index contributed by atoms with van der Waals surface area (Å²) in [5.74, 6) is -0.311. The van der Waals surface area contributed by atoms with Crippen LogP contribution in [0.1, 0.15) is 25.7 Å². The minimum absolute atomic E-state index is 0.311.